The quantitative estimate of drug-likeness (QED) is 0.567. The summed E-state index contributed by atoms with van der Waals surface area (Å²) in [6, 6.07) is 5.76. The maximum atomic E-state index is 12.5. The fraction of sp³-hybridized carbons (Fsp3) is 0.500. The second-order valence-corrected chi connectivity index (χ2v) is 7.51. The first-order chi connectivity index (χ1) is 12.1. The van der Waals surface area contributed by atoms with Crippen LogP contribution in [0.1, 0.15) is 48.5 Å². The van der Waals surface area contributed by atoms with Gasteiger partial charge >= 0.3 is 0 Å². The molecule has 0 spiro atoms. The topological polar surface area (TPSA) is 29.5 Å². The van der Waals surface area contributed by atoms with Crippen LogP contribution >= 0.6 is 0 Å². The van der Waals surface area contributed by atoms with E-state index in [1.54, 1.807) is 7.11 Å². The molecule has 1 aliphatic carbocycles. The second-order valence-electron chi connectivity index (χ2n) is 7.51. The van der Waals surface area contributed by atoms with Gasteiger partial charge in [-0.2, -0.15) is 0 Å². The maximum Gasteiger partial charge on any atom is 0.189 e. The molecule has 0 unspecified atom stereocenters. The number of methoxy groups -OCH3 is 1. The summed E-state index contributed by atoms with van der Waals surface area (Å²) in [6.07, 6.45) is 7.66. The van der Waals surface area contributed by atoms with E-state index in [2.05, 4.69) is 24.5 Å². The Morgan fingerprint density at radius 3 is 2.80 bits per heavy atom. The molecule has 3 heteroatoms. The monoisotopic (exact) mass is 339 g/mol. The molecular formula is C22H29NO2. The second kappa shape index (κ2) is 8.01. The van der Waals surface area contributed by atoms with E-state index in [0.29, 0.717) is 0 Å². The number of hydrogen-bond acceptors (Lipinski definition) is 3. The lowest BCUT2D eigenvalue weighted by Gasteiger charge is -2.31. The molecule has 1 aromatic rings. The number of ketones is 1. The third-order valence-corrected chi connectivity index (χ3v) is 5.40. The first-order valence-electron chi connectivity index (χ1n) is 9.34. The smallest absolute Gasteiger partial charge is 0.189 e. The van der Waals surface area contributed by atoms with E-state index < -0.39 is 0 Å². The standard InChI is InChI=1S/C22H29NO2/c1-16(2)15-23-11-9-17(10-12-23)5-4-6-18-13-19-14-20(25-3)7-8-21(19)22(18)24/h6-8,14,17H,1,4-5,9-13,15H2,2-3H3. The van der Waals surface area contributed by atoms with Gasteiger partial charge in [-0.25, -0.2) is 0 Å². The van der Waals surface area contributed by atoms with Gasteiger partial charge in [0.15, 0.2) is 5.78 Å². The largest absolute Gasteiger partial charge is 0.497 e. The van der Waals surface area contributed by atoms with Crippen LogP contribution in [0, 0.1) is 5.92 Å². The summed E-state index contributed by atoms with van der Waals surface area (Å²) in [4.78, 5) is 15.0. The van der Waals surface area contributed by atoms with E-state index in [1.807, 2.05) is 18.2 Å². The first-order valence-corrected chi connectivity index (χ1v) is 9.34. The zero-order valence-electron chi connectivity index (χ0n) is 15.5. The highest BCUT2D eigenvalue weighted by molar-refractivity contribution is 6.13. The molecule has 3 rings (SSSR count). The minimum Gasteiger partial charge on any atom is -0.497 e. The highest BCUT2D eigenvalue weighted by Crippen LogP contribution is 2.30. The normalized spacial score (nSPS) is 20.1. The number of nitrogens with zero attached hydrogens (tertiary/aromatic N) is 1. The molecule has 0 aromatic heterocycles. The molecule has 1 aromatic carbocycles. The van der Waals surface area contributed by atoms with Crippen LogP contribution in [0.4, 0.5) is 0 Å². The van der Waals surface area contributed by atoms with Gasteiger partial charge in [-0.1, -0.05) is 18.2 Å². The number of allylic oxidation sites excluding steroid dienone is 2. The average Bonchev–Trinajstić information content (AvgIpc) is 2.91. The van der Waals surface area contributed by atoms with Crippen LogP contribution in [0.5, 0.6) is 5.75 Å². The maximum absolute atomic E-state index is 12.5. The van der Waals surface area contributed by atoms with Gasteiger partial charge in [0.25, 0.3) is 0 Å². The predicted molar refractivity (Wildman–Crippen MR) is 102 cm³/mol. The average molecular weight is 339 g/mol. The van der Waals surface area contributed by atoms with Crippen molar-refractivity contribution in [3.05, 3.63) is 53.1 Å². The summed E-state index contributed by atoms with van der Waals surface area (Å²) >= 11 is 0. The van der Waals surface area contributed by atoms with Crippen molar-refractivity contribution in [3.63, 3.8) is 0 Å². The van der Waals surface area contributed by atoms with Crippen LogP contribution in [0.2, 0.25) is 0 Å². The van der Waals surface area contributed by atoms with E-state index in [0.717, 1.165) is 47.8 Å². The van der Waals surface area contributed by atoms with Crippen molar-refractivity contribution in [3.8, 4) is 5.75 Å². The van der Waals surface area contributed by atoms with Crippen molar-refractivity contribution in [1.29, 1.82) is 0 Å². The Bertz CT molecular complexity index is 681. The van der Waals surface area contributed by atoms with E-state index >= 15 is 0 Å². The van der Waals surface area contributed by atoms with Crippen molar-refractivity contribution in [2.24, 2.45) is 5.92 Å². The van der Waals surface area contributed by atoms with E-state index in [4.69, 9.17) is 4.74 Å². The van der Waals surface area contributed by atoms with Crippen LogP contribution in [0.3, 0.4) is 0 Å². The van der Waals surface area contributed by atoms with Gasteiger partial charge in [0.2, 0.25) is 0 Å². The number of piperidine rings is 1. The molecule has 25 heavy (non-hydrogen) atoms. The van der Waals surface area contributed by atoms with Crippen LogP contribution in [-0.2, 0) is 6.42 Å². The number of rotatable bonds is 6. The lowest BCUT2D eigenvalue weighted by Crippen LogP contribution is -2.34. The predicted octanol–water partition coefficient (Wildman–Crippen LogP) is 4.43. The van der Waals surface area contributed by atoms with Gasteiger partial charge in [0, 0.05) is 24.1 Å². The molecule has 1 aliphatic heterocycles. The fourth-order valence-corrected chi connectivity index (χ4v) is 4.00. The zero-order chi connectivity index (χ0) is 17.8. The number of carbonyl (C=O) groups is 1. The lowest BCUT2D eigenvalue weighted by atomic mass is 9.91. The summed E-state index contributed by atoms with van der Waals surface area (Å²) in [5.74, 6) is 1.82. The molecule has 134 valence electrons. The van der Waals surface area contributed by atoms with Gasteiger partial charge in [-0.15, -0.1) is 0 Å². The summed E-state index contributed by atoms with van der Waals surface area (Å²) in [5.41, 5.74) is 4.16. The Kier molecular flexibility index (Phi) is 5.74. The Balaban J connectivity index is 1.49. The van der Waals surface area contributed by atoms with Crippen molar-refractivity contribution in [2.45, 2.75) is 39.0 Å². The van der Waals surface area contributed by atoms with Gasteiger partial charge in [-0.3, -0.25) is 9.69 Å². The molecule has 0 saturated carbocycles. The summed E-state index contributed by atoms with van der Waals surface area (Å²) < 4.78 is 5.26. The molecular weight excluding hydrogens is 310 g/mol. The molecule has 2 aliphatic rings. The third-order valence-electron chi connectivity index (χ3n) is 5.40. The van der Waals surface area contributed by atoms with Gasteiger partial charge in [0.05, 0.1) is 7.11 Å². The molecule has 0 radical (unpaired) electrons. The molecule has 0 atom stereocenters. The van der Waals surface area contributed by atoms with E-state index in [1.165, 1.54) is 37.9 Å². The van der Waals surface area contributed by atoms with E-state index in [9.17, 15) is 4.79 Å². The minimum atomic E-state index is 0.203. The SMILES string of the molecule is C=C(C)CN1CCC(CCC=C2Cc3cc(OC)ccc3C2=O)CC1. The van der Waals surface area contributed by atoms with Crippen LogP contribution in [-0.4, -0.2) is 37.4 Å². The zero-order valence-corrected chi connectivity index (χ0v) is 15.5. The Hall–Kier alpha value is -1.87. The number of Topliss-reactive ketones (excluding diaryl/α,β-unsaturated/α-hetero) is 1. The number of fused-ring (bicyclic) bond motifs is 1. The molecule has 3 nitrogen and oxygen atoms in total. The highest BCUT2D eigenvalue weighted by atomic mass is 16.5. The van der Waals surface area contributed by atoms with Crippen LogP contribution in [0.25, 0.3) is 0 Å². The van der Waals surface area contributed by atoms with Crippen LogP contribution in [0.15, 0.2) is 42.0 Å². The number of ether oxygens (including phenoxy) is 1. The minimum absolute atomic E-state index is 0.203. The summed E-state index contributed by atoms with van der Waals surface area (Å²) in [7, 11) is 1.66. The molecule has 1 fully saturated rings. The summed E-state index contributed by atoms with van der Waals surface area (Å²) in [6.45, 7) is 9.50. The number of hydrogen-bond donors (Lipinski definition) is 0. The molecule has 0 N–H and O–H groups in total. The Morgan fingerprint density at radius 2 is 2.12 bits per heavy atom. The molecule has 0 amide bonds. The third kappa shape index (κ3) is 4.40. The lowest BCUT2D eigenvalue weighted by molar-refractivity contribution is 0.103. The van der Waals surface area contributed by atoms with Gasteiger partial charge in [-0.05, 0) is 75.4 Å². The van der Waals surface area contributed by atoms with Crippen molar-refractivity contribution >= 4 is 5.78 Å². The number of likely N-dealkylation sites (tertiary alicyclic amines) is 1. The fourth-order valence-electron chi connectivity index (χ4n) is 4.00. The van der Waals surface area contributed by atoms with Crippen molar-refractivity contribution in [1.82, 2.24) is 4.90 Å². The van der Waals surface area contributed by atoms with Gasteiger partial charge < -0.3 is 4.74 Å². The number of carbonyl (C=O) groups excluding carboxylic acids is 1. The van der Waals surface area contributed by atoms with E-state index in [-0.39, 0.29) is 5.78 Å². The highest BCUT2D eigenvalue weighted by Gasteiger charge is 2.25. The van der Waals surface area contributed by atoms with Crippen molar-refractivity contribution in [2.75, 3.05) is 26.7 Å². The van der Waals surface area contributed by atoms with Gasteiger partial charge in [0.1, 0.15) is 5.75 Å². The Morgan fingerprint density at radius 1 is 1.36 bits per heavy atom. The summed E-state index contributed by atoms with van der Waals surface area (Å²) in [5, 5.41) is 0. The molecule has 0 bridgehead atoms. The molecule has 1 saturated heterocycles. The first kappa shape index (κ1) is 17.9. The molecule has 1 heterocycles. The number of benzene rings is 1. The Labute approximate surface area is 151 Å². The van der Waals surface area contributed by atoms with Crippen molar-refractivity contribution < 1.29 is 9.53 Å². The van der Waals surface area contributed by atoms with Crippen LogP contribution < -0.4 is 4.74 Å².